The van der Waals surface area contributed by atoms with Crippen LogP contribution >= 0.6 is 0 Å². The summed E-state index contributed by atoms with van der Waals surface area (Å²) in [6.45, 7) is 7.48. The number of hydrogen-bond acceptors (Lipinski definition) is 2. The monoisotopic (exact) mass is 243 g/mol. The molecule has 96 valence electrons. The number of hydrogen-bond donors (Lipinski definition) is 1. The Hall–Kier alpha value is -1.54. The largest absolute Gasteiger partial charge is 0.472 e. The van der Waals surface area contributed by atoms with Gasteiger partial charge in [0.1, 0.15) is 0 Å². The van der Waals surface area contributed by atoms with Crippen molar-refractivity contribution in [3.8, 4) is 0 Å². The molecule has 18 heavy (non-hydrogen) atoms. The van der Waals surface area contributed by atoms with Gasteiger partial charge in [0.05, 0.1) is 18.6 Å². The zero-order chi connectivity index (χ0) is 13.0. The van der Waals surface area contributed by atoms with Crippen LogP contribution < -0.4 is 5.32 Å². The van der Waals surface area contributed by atoms with Crippen LogP contribution in [0.25, 0.3) is 0 Å². The summed E-state index contributed by atoms with van der Waals surface area (Å²) in [7, 11) is 0. The second kappa shape index (κ2) is 5.87. The summed E-state index contributed by atoms with van der Waals surface area (Å²) in [6.07, 6.45) is 3.53. The minimum atomic E-state index is 0.218. The van der Waals surface area contributed by atoms with Gasteiger partial charge in [0, 0.05) is 5.56 Å². The maximum Gasteiger partial charge on any atom is 0.0953 e. The highest BCUT2D eigenvalue weighted by Crippen LogP contribution is 2.24. The zero-order valence-electron chi connectivity index (χ0n) is 11.3. The van der Waals surface area contributed by atoms with E-state index in [0.29, 0.717) is 5.92 Å². The Labute approximate surface area is 109 Å². The molecule has 2 nitrogen and oxygen atoms in total. The van der Waals surface area contributed by atoms with E-state index in [4.69, 9.17) is 4.42 Å². The molecule has 0 saturated carbocycles. The third kappa shape index (κ3) is 2.82. The first-order valence-electron chi connectivity index (χ1n) is 6.57. The van der Waals surface area contributed by atoms with Crippen molar-refractivity contribution in [1.29, 1.82) is 0 Å². The molecule has 2 rings (SSSR count). The van der Waals surface area contributed by atoms with Crippen LogP contribution in [0.2, 0.25) is 0 Å². The molecule has 0 fully saturated rings. The highest BCUT2D eigenvalue weighted by Gasteiger charge is 2.14. The van der Waals surface area contributed by atoms with E-state index in [0.717, 1.165) is 6.54 Å². The first-order valence-corrected chi connectivity index (χ1v) is 6.57. The average molecular weight is 243 g/mol. The van der Waals surface area contributed by atoms with Gasteiger partial charge in [-0.05, 0) is 29.7 Å². The lowest BCUT2D eigenvalue weighted by atomic mass is 9.96. The summed E-state index contributed by atoms with van der Waals surface area (Å²) in [5, 5.41) is 3.49. The van der Waals surface area contributed by atoms with E-state index in [1.807, 2.05) is 12.3 Å². The Kier molecular flexibility index (Phi) is 4.21. The lowest BCUT2D eigenvalue weighted by molar-refractivity contribution is 0.553. The van der Waals surface area contributed by atoms with E-state index in [-0.39, 0.29) is 6.04 Å². The van der Waals surface area contributed by atoms with Gasteiger partial charge in [-0.15, -0.1) is 0 Å². The summed E-state index contributed by atoms with van der Waals surface area (Å²) < 4.78 is 5.19. The molecule has 1 atom stereocenters. The molecule has 1 heterocycles. The normalized spacial score (nSPS) is 12.9. The van der Waals surface area contributed by atoms with Gasteiger partial charge in [-0.25, -0.2) is 0 Å². The molecule has 0 aliphatic rings. The van der Waals surface area contributed by atoms with Crippen LogP contribution in [0.4, 0.5) is 0 Å². The maximum absolute atomic E-state index is 5.19. The van der Waals surface area contributed by atoms with E-state index in [2.05, 4.69) is 50.4 Å². The van der Waals surface area contributed by atoms with Crippen LogP contribution in [0, 0.1) is 0 Å². The van der Waals surface area contributed by atoms with Crippen molar-refractivity contribution in [1.82, 2.24) is 5.32 Å². The number of rotatable bonds is 5. The molecule has 2 heteroatoms. The van der Waals surface area contributed by atoms with E-state index in [1.165, 1.54) is 16.7 Å². The van der Waals surface area contributed by atoms with E-state index in [9.17, 15) is 0 Å². The van der Waals surface area contributed by atoms with Crippen molar-refractivity contribution < 1.29 is 4.42 Å². The summed E-state index contributed by atoms with van der Waals surface area (Å²) >= 11 is 0. The van der Waals surface area contributed by atoms with Crippen molar-refractivity contribution in [2.45, 2.75) is 32.7 Å². The fourth-order valence-corrected chi connectivity index (χ4v) is 2.14. The van der Waals surface area contributed by atoms with Gasteiger partial charge >= 0.3 is 0 Å². The van der Waals surface area contributed by atoms with Crippen molar-refractivity contribution in [3.63, 3.8) is 0 Å². The molecule has 0 saturated heterocycles. The van der Waals surface area contributed by atoms with Crippen molar-refractivity contribution in [2.24, 2.45) is 0 Å². The van der Waals surface area contributed by atoms with Gasteiger partial charge in [-0.3, -0.25) is 0 Å². The Balaban J connectivity index is 2.26. The van der Waals surface area contributed by atoms with Crippen LogP contribution in [0.5, 0.6) is 0 Å². The fraction of sp³-hybridized carbons (Fsp3) is 0.375. The smallest absolute Gasteiger partial charge is 0.0953 e. The van der Waals surface area contributed by atoms with Crippen LogP contribution in [-0.4, -0.2) is 6.54 Å². The first kappa shape index (κ1) is 12.9. The van der Waals surface area contributed by atoms with Crippen LogP contribution in [0.1, 0.15) is 49.4 Å². The summed E-state index contributed by atoms with van der Waals surface area (Å²) in [5.41, 5.74) is 3.83. The highest BCUT2D eigenvalue weighted by atomic mass is 16.3. The molecular weight excluding hydrogens is 222 g/mol. The average Bonchev–Trinajstić information content (AvgIpc) is 2.90. The standard InChI is InChI=1S/C16H21NO/c1-4-17-16(15-9-10-18-11-15)14-7-5-13(6-8-14)12(2)3/h5-12,16-17H,4H2,1-3H3. The Morgan fingerprint density at radius 3 is 2.17 bits per heavy atom. The molecule has 1 aromatic carbocycles. The number of furan rings is 1. The summed E-state index contributed by atoms with van der Waals surface area (Å²) in [4.78, 5) is 0. The molecule has 0 amide bonds. The second-order valence-electron chi connectivity index (χ2n) is 4.87. The molecule has 0 bridgehead atoms. The van der Waals surface area contributed by atoms with E-state index in [1.54, 1.807) is 6.26 Å². The van der Waals surface area contributed by atoms with E-state index >= 15 is 0 Å². The van der Waals surface area contributed by atoms with Gasteiger partial charge in [-0.1, -0.05) is 45.0 Å². The molecule has 1 unspecified atom stereocenters. The Bertz CT molecular complexity index is 456. The zero-order valence-corrected chi connectivity index (χ0v) is 11.3. The lowest BCUT2D eigenvalue weighted by Gasteiger charge is -2.17. The van der Waals surface area contributed by atoms with Gasteiger partial charge in [-0.2, -0.15) is 0 Å². The molecule has 0 radical (unpaired) electrons. The van der Waals surface area contributed by atoms with Crippen LogP contribution in [0.15, 0.2) is 47.3 Å². The molecule has 1 N–H and O–H groups in total. The molecular formula is C16H21NO. The summed E-state index contributed by atoms with van der Waals surface area (Å²) in [5.74, 6) is 0.575. The Morgan fingerprint density at radius 2 is 1.67 bits per heavy atom. The van der Waals surface area contributed by atoms with Gasteiger partial charge < -0.3 is 9.73 Å². The molecule has 0 spiro atoms. The van der Waals surface area contributed by atoms with Gasteiger partial charge in [0.2, 0.25) is 0 Å². The van der Waals surface area contributed by atoms with Crippen molar-refractivity contribution >= 4 is 0 Å². The molecule has 0 aliphatic heterocycles. The lowest BCUT2D eigenvalue weighted by Crippen LogP contribution is -2.21. The molecule has 0 aliphatic carbocycles. The minimum absolute atomic E-state index is 0.218. The van der Waals surface area contributed by atoms with E-state index < -0.39 is 0 Å². The third-order valence-electron chi connectivity index (χ3n) is 3.22. The minimum Gasteiger partial charge on any atom is -0.472 e. The second-order valence-corrected chi connectivity index (χ2v) is 4.87. The fourth-order valence-electron chi connectivity index (χ4n) is 2.14. The van der Waals surface area contributed by atoms with Crippen LogP contribution in [-0.2, 0) is 0 Å². The van der Waals surface area contributed by atoms with Crippen molar-refractivity contribution in [3.05, 3.63) is 59.5 Å². The predicted octanol–water partition coefficient (Wildman–Crippen LogP) is 4.10. The first-order chi connectivity index (χ1) is 8.72. The van der Waals surface area contributed by atoms with Crippen LogP contribution in [0.3, 0.4) is 0 Å². The SMILES string of the molecule is CCNC(c1ccc(C(C)C)cc1)c1ccoc1. The quantitative estimate of drug-likeness (QED) is 0.855. The Morgan fingerprint density at radius 1 is 1.00 bits per heavy atom. The topological polar surface area (TPSA) is 25.2 Å². The third-order valence-corrected chi connectivity index (χ3v) is 3.22. The predicted molar refractivity (Wildman–Crippen MR) is 74.8 cm³/mol. The maximum atomic E-state index is 5.19. The number of nitrogens with one attached hydrogen (secondary N) is 1. The van der Waals surface area contributed by atoms with Gasteiger partial charge in [0.25, 0.3) is 0 Å². The highest BCUT2D eigenvalue weighted by molar-refractivity contribution is 5.32. The summed E-state index contributed by atoms with van der Waals surface area (Å²) in [6, 6.07) is 11.1. The molecule has 2 aromatic rings. The number of benzene rings is 1. The molecule has 1 aromatic heterocycles. The van der Waals surface area contributed by atoms with Gasteiger partial charge in [0.15, 0.2) is 0 Å². The van der Waals surface area contributed by atoms with Crippen molar-refractivity contribution in [2.75, 3.05) is 6.54 Å².